The molecule has 2 heterocycles. The number of nitrogens with zero attached hydrogens (tertiary/aromatic N) is 2. The van der Waals surface area contributed by atoms with Crippen molar-refractivity contribution < 1.29 is 14.6 Å². The van der Waals surface area contributed by atoms with E-state index in [1.807, 2.05) is 51.1 Å². The molecular weight excluding hydrogens is 432 g/mol. The molecule has 0 aliphatic carbocycles. The number of carbonyl (C=O) groups is 1. The Balaban J connectivity index is 1.54. The van der Waals surface area contributed by atoms with Crippen molar-refractivity contribution in [3.8, 4) is 10.4 Å². The van der Waals surface area contributed by atoms with Crippen LogP contribution in [0, 0.1) is 13.8 Å². The molecule has 1 aromatic heterocycles. The molecular formula is C27H32N2O3S. The van der Waals surface area contributed by atoms with Crippen LogP contribution in [0.5, 0.6) is 0 Å². The van der Waals surface area contributed by atoms with Gasteiger partial charge in [0.1, 0.15) is 5.60 Å². The molecule has 174 valence electrons. The van der Waals surface area contributed by atoms with Crippen molar-refractivity contribution >= 4 is 17.4 Å². The van der Waals surface area contributed by atoms with Crippen molar-refractivity contribution in [3.05, 3.63) is 76.4 Å². The number of cyclic esters (lactones) is 1. The van der Waals surface area contributed by atoms with Crippen LogP contribution < -0.4 is 0 Å². The van der Waals surface area contributed by atoms with Crippen molar-refractivity contribution in [1.82, 2.24) is 9.88 Å². The SMILES string of the molecule is Cc1nc(C)c(-c2ccc(C(C)N3CCC(CC(C)(C)O)(c4ccccc4)OC3=O)cc2)s1. The van der Waals surface area contributed by atoms with Gasteiger partial charge >= 0.3 is 6.09 Å². The van der Waals surface area contributed by atoms with Crippen LogP contribution in [-0.4, -0.2) is 33.2 Å². The van der Waals surface area contributed by atoms with Gasteiger partial charge in [0.15, 0.2) is 0 Å². The zero-order chi connectivity index (χ0) is 23.8. The largest absolute Gasteiger partial charge is 0.438 e. The Labute approximate surface area is 200 Å². The number of aromatic nitrogens is 1. The van der Waals surface area contributed by atoms with E-state index < -0.39 is 11.2 Å². The van der Waals surface area contributed by atoms with Crippen LogP contribution in [0.25, 0.3) is 10.4 Å². The summed E-state index contributed by atoms with van der Waals surface area (Å²) in [6, 6.07) is 18.0. The Morgan fingerprint density at radius 2 is 1.82 bits per heavy atom. The number of ether oxygens (including phenoxy) is 1. The average Bonchev–Trinajstić information content (AvgIpc) is 3.11. The molecule has 33 heavy (non-hydrogen) atoms. The molecule has 2 aromatic carbocycles. The van der Waals surface area contributed by atoms with E-state index in [4.69, 9.17) is 4.74 Å². The van der Waals surface area contributed by atoms with Gasteiger partial charge in [-0.1, -0.05) is 54.6 Å². The molecule has 0 radical (unpaired) electrons. The fraction of sp³-hybridized carbons (Fsp3) is 0.407. The quantitative estimate of drug-likeness (QED) is 0.459. The van der Waals surface area contributed by atoms with Crippen molar-refractivity contribution in [2.24, 2.45) is 0 Å². The second kappa shape index (κ2) is 8.92. The minimum absolute atomic E-state index is 0.119. The van der Waals surface area contributed by atoms with Crippen LogP contribution in [0.2, 0.25) is 0 Å². The van der Waals surface area contributed by atoms with Crippen LogP contribution in [0.4, 0.5) is 4.79 Å². The molecule has 1 N–H and O–H groups in total. The second-order valence-corrected chi connectivity index (χ2v) is 10.8. The maximum atomic E-state index is 13.2. The number of benzene rings is 2. The number of hydrogen-bond acceptors (Lipinski definition) is 5. The molecule has 1 saturated heterocycles. The third-order valence-electron chi connectivity index (χ3n) is 6.32. The predicted octanol–water partition coefficient (Wildman–Crippen LogP) is 6.39. The van der Waals surface area contributed by atoms with Crippen LogP contribution in [0.1, 0.15) is 61.5 Å². The average molecular weight is 465 g/mol. The Morgan fingerprint density at radius 3 is 2.36 bits per heavy atom. The maximum absolute atomic E-state index is 13.2. The lowest BCUT2D eigenvalue weighted by atomic mass is 9.80. The van der Waals surface area contributed by atoms with E-state index in [1.54, 1.807) is 30.1 Å². The summed E-state index contributed by atoms with van der Waals surface area (Å²) < 4.78 is 6.12. The van der Waals surface area contributed by atoms with Gasteiger partial charge in [-0.3, -0.25) is 0 Å². The summed E-state index contributed by atoms with van der Waals surface area (Å²) in [4.78, 5) is 20.7. The van der Waals surface area contributed by atoms with Crippen LogP contribution in [0.15, 0.2) is 54.6 Å². The van der Waals surface area contributed by atoms with Gasteiger partial charge in [-0.15, -0.1) is 11.3 Å². The molecule has 5 nitrogen and oxygen atoms in total. The first kappa shape index (κ1) is 23.5. The highest BCUT2D eigenvalue weighted by molar-refractivity contribution is 7.15. The zero-order valence-corrected chi connectivity index (χ0v) is 20.8. The minimum atomic E-state index is -0.965. The van der Waals surface area contributed by atoms with Gasteiger partial charge in [0.05, 0.1) is 27.2 Å². The number of rotatable bonds is 6. The maximum Gasteiger partial charge on any atom is 0.411 e. The van der Waals surface area contributed by atoms with Gasteiger partial charge in [-0.05, 0) is 51.3 Å². The minimum Gasteiger partial charge on any atom is -0.438 e. The smallest absolute Gasteiger partial charge is 0.411 e. The molecule has 0 bridgehead atoms. The zero-order valence-electron chi connectivity index (χ0n) is 20.0. The van der Waals surface area contributed by atoms with Gasteiger partial charge in [-0.2, -0.15) is 0 Å². The molecule has 0 spiro atoms. The Morgan fingerprint density at radius 1 is 1.15 bits per heavy atom. The highest BCUT2D eigenvalue weighted by Crippen LogP contribution is 2.42. The standard InChI is InChI=1S/C27H32N2O3S/c1-18-24(33-20(3)28-18)22-13-11-21(12-14-22)19(2)29-16-15-27(32-25(29)30,17-26(4,5)31)23-9-7-6-8-10-23/h6-14,19,31H,15-17H2,1-5H3. The van der Waals surface area contributed by atoms with Crippen molar-refractivity contribution in [2.45, 2.75) is 64.7 Å². The van der Waals surface area contributed by atoms with Gasteiger partial charge in [0.2, 0.25) is 0 Å². The van der Waals surface area contributed by atoms with E-state index in [0.29, 0.717) is 19.4 Å². The summed E-state index contributed by atoms with van der Waals surface area (Å²) in [5.41, 5.74) is 2.37. The molecule has 1 fully saturated rings. The Bertz CT molecular complexity index is 1120. The molecule has 1 aliphatic rings. The third kappa shape index (κ3) is 4.97. The van der Waals surface area contributed by atoms with E-state index in [9.17, 15) is 9.90 Å². The van der Waals surface area contributed by atoms with Crippen LogP contribution >= 0.6 is 11.3 Å². The monoisotopic (exact) mass is 464 g/mol. The first-order valence-electron chi connectivity index (χ1n) is 11.4. The number of thiazole rings is 1. The van der Waals surface area contributed by atoms with E-state index in [1.165, 1.54) is 4.88 Å². The molecule has 4 rings (SSSR count). The summed E-state index contributed by atoms with van der Waals surface area (Å²) in [6.07, 6.45) is 0.620. The van der Waals surface area contributed by atoms with Gasteiger partial charge < -0.3 is 14.7 Å². The first-order chi connectivity index (χ1) is 15.6. The van der Waals surface area contributed by atoms with Gasteiger partial charge in [-0.25, -0.2) is 9.78 Å². The molecule has 6 heteroatoms. The van der Waals surface area contributed by atoms with Crippen molar-refractivity contribution in [3.63, 3.8) is 0 Å². The highest BCUT2D eigenvalue weighted by Gasteiger charge is 2.46. The lowest BCUT2D eigenvalue weighted by molar-refractivity contribution is -0.101. The fourth-order valence-corrected chi connectivity index (χ4v) is 5.71. The lowest BCUT2D eigenvalue weighted by Crippen LogP contribution is -2.51. The Kier molecular flexibility index (Phi) is 6.34. The number of amides is 1. The molecule has 2 unspecified atom stereocenters. The summed E-state index contributed by atoms with van der Waals surface area (Å²) in [5, 5.41) is 11.6. The summed E-state index contributed by atoms with van der Waals surface area (Å²) >= 11 is 1.70. The molecule has 1 aliphatic heterocycles. The fourth-order valence-electron chi connectivity index (χ4n) is 4.78. The lowest BCUT2D eigenvalue weighted by Gasteiger charge is -2.45. The van der Waals surface area contributed by atoms with E-state index in [2.05, 4.69) is 29.2 Å². The third-order valence-corrected chi connectivity index (χ3v) is 7.44. The topological polar surface area (TPSA) is 62.7 Å². The second-order valence-electron chi connectivity index (χ2n) is 9.61. The van der Waals surface area contributed by atoms with Crippen LogP contribution in [0.3, 0.4) is 0 Å². The number of aryl methyl sites for hydroxylation is 2. The Hall–Kier alpha value is -2.70. The molecule has 3 aromatic rings. The molecule has 1 amide bonds. The highest BCUT2D eigenvalue weighted by atomic mass is 32.1. The number of hydrogen-bond donors (Lipinski definition) is 1. The number of carbonyl (C=O) groups excluding carboxylic acids is 1. The van der Waals surface area contributed by atoms with Crippen LogP contribution in [-0.2, 0) is 10.3 Å². The van der Waals surface area contributed by atoms with Crippen molar-refractivity contribution in [1.29, 1.82) is 0 Å². The van der Waals surface area contributed by atoms with Crippen molar-refractivity contribution in [2.75, 3.05) is 6.54 Å². The van der Waals surface area contributed by atoms with E-state index in [0.717, 1.165) is 27.4 Å². The summed E-state index contributed by atoms with van der Waals surface area (Å²) in [6.45, 7) is 10.2. The summed E-state index contributed by atoms with van der Waals surface area (Å²) in [5.74, 6) is 0. The van der Waals surface area contributed by atoms with Gasteiger partial charge in [0, 0.05) is 19.4 Å². The van der Waals surface area contributed by atoms with Gasteiger partial charge in [0.25, 0.3) is 0 Å². The molecule has 0 saturated carbocycles. The predicted molar refractivity (Wildman–Crippen MR) is 132 cm³/mol. The first-order valence-corrected chi connectivity index (χ1v) is 12.2. The summed E-state index contributed by atoms with van der Waals surface area (Å²) in [7, 11) is 0. The van der Waals surface area contributed by atoms with E-state index >= 15 is 0 Å². The normalized spacial score (nSPS) is 19.9. The number of aliphatic hydroxyl groups is 1. The van der Waals surface area contributed by atoms with E-state index in [-0.39, 0.29) is 12.1 Å². The molecule has 2 atom stereocenters.